The zero-order chi connectivity index (χ0) is 28.7. The van der Waals surface area contributed by atoms with Crippen molar-refractivity contribution in [1.82, 2.24) is 14.2 Å². The van der Waals surface area contributed by atoms with Crippen LogP contribution in [0.2, 0.25) is 0 Å². The van der Waals surface area contributed by atoms with Gasteiger partial charge in [0.05, 0.1) is 16.2 Å². The van der Waals surface area contributed by atoms with Crippen molar-refractivity contribution in [3.63, 3.8) is 0 Å². The molecule has 0 N–H and O–H groups in total. The molecule has 0 bridgehead atoms. The molecular weight excluding hydrogens is 580 g/mol. The number of rotatable bonds is 13. The Labute approximate surface area is 253 Å². The number of ether oxygens (including phenoxy) is 1. The van der Waals surface area contributed by atoms with Crippen LogP contribution < -0.4 is 22.0 Å². The highest BCUT2D eigenvalue weighted by molar-refractivity contribution is 7.89. The summed E-state index contributed by atoms with van der Waals surface area (Å²) < 4.78 is 34.9. The standard InChI is InChI=1S/C30H36N4O4S2.ClH/c1-5-33(22-23-12-8-7-9-13-23)40(36,37)25-18-16-24(17-19-25)29(35)34(21-11-20-32(3)4)30-31-28-26(38-6-2)14-10-15-27(28)39-30;/h7-10,12-19H,5-6,11,20-22H2,1-4H3;1H/p-1. The second-order valence-electron chi connectivity index (χ2n) is 9.59. The Bertz CT molecular complexity index is 1530. The van der Waals surface area contributed by atoms with E-state index in [1.54, 1.807) is 17.0 Å². The summed E-state index contributed by atoms with van der Waals surface area (Å²) in [6.45, 7) is 6.16. The van der Waals surface area contributed by atoms with Gasteiger partial charge in [0, 0.05) is 25.2 Å². The maximum absolute atomic E-state index is 13.8. The predicted molar refractivity (Wildman–Crippen MR) is 162 cm³/mol. The molecule has 4 rings (SSSR count). The number of hydrogen-bond acceptors (Lipinski definition) is 7. The lowest BCUT2D eigenvalue weighted by Gasteiger charge is -2.22. The summed E-state index contributed by atoms with van der Waals surface area (Å²) in [5, 5.41) is 0.586. The molecule has 1 aromatic heterocycles. The Morgan fingerprint density at radius 2 is 1.63 bits per heavy atom. The molecule has 0 spiro atoms. The molecule has 0 saturated carbocycles. The number of benzene rings is 3. The molecule has 220 valence electrons. The molecule has 3 aromatic carbocycles. The number of para-hydroxylation sites is 1. The summed E-state index contributed by atoms with van der Waals surface area (Å²) >= 11 is 1.44. The number of aromatic nitrogens is 1. The molecule has 0 saturated heterocycles. The van der Waals surface area contributed by atoms with Crippen LogP contribution in [0, 0.1) is 0 Å². The lowest BCUT2D eigenvalue weighted by atomic mass is 10.2. The number of nitrogens with zero attached hydrogens (tertiary/aromatic N) is 4. The van der Waals surface area contributed by atoms with E-state index in [4.69, 9.17) is 9.72 Å². The second-order valence-corrected chi connectivity index (χ2v) is 12.5. The summed E-state index contributed by atoms with van der Waals surface area (Å²) in [7, 11) is 0.253. The van der Waals surface area contributed by atoms with Gasteiger partial charge >= 0.3 is 0 Å². The van der Waals surface area contributed by atoms with E-state index in [-0.39, 0.29) is 29.8 Å². The van der Waals surface area contributed by atoms with Gasteiger partial charge < -0.3 is 22.0 Å². The number of fused-ring (bicyclic) bond motifs is 1. The molecule has 41 heavy (non-hydrogen) atoms. The van der Waals surface area contributed by atoms with Crippen molar-refractivity contribution in [3.8, 4) is 5.75 Å². The predicted octanol–water partition coefficient (Wildman–Crippen LogP) is 2.51. The lowest BCUT2D eigenvalue weighted by Crippen LogP contribution is -3.00. The average molecular weight is 616 g/mol. The number of sulfonamides is 1. The number of halogens is 1. The van der Waals surface area contributed by atoms with Gasteiger partial charge in [0.25, 0.3) is 5.91 Å². The topological polar surface area (TPSA) is 83.0 Å². The highest BCUT2D eigenvalue weighted by atomic mass is 35.5. The number of thiazole rings is 1. The van der Waals surface area contributed by atoms with Gasteiger partial charge in [-0.05, 0) is 75.9 Å². The minimum atomic E-state index is -3.74. The first-order valence-corrected chi connectivity index (χ1v) is 15.6. The Kier molecular flexibility index (Phi) is 11.7. The van der Waals surface area contributed by atoms with Crippen LogP contribution in [-0.4, -0.2) is 68.9 Å². The molecule has 0 aliphatic heterocycles. The van der Waals surface area contributed by atoms with Crippen molar-refractivity contribution in [2.45, 2.75) is 31.7 Å². The van der Waals surface area contributed by atoms with Crippen molar-refractivity contribution in [2.24, 2.45) is 0 Å². The van der Waals surface area contributed by atoms with Crippen molar-refractivity contribution in [2.75, 3.05) is 45.2 Å². The van der Waals surface area contributed by atoms with E-state index in [0.29, 0.717) is 36.1 Å². The molecular formula is C30H36ClN4O4S2-. The summed E-state index contributed by atoms with van der Waals surface area (Å²) in [4.78, 5) is 22.5. The number of hydrogen-bond donors (Lipinski definition) is 0. The summed E-state index contributed by atoms with van der Waals surface area (Å²) in [6, 6.07) is 21.5. The normalized spacial score (nSPS) is 11.6. The fourth-order valence-corrected chi connectivity index (χ4v) is 6.80. The van der Waals surface area contributed by atoms with E-state index in [9.17, 15) is 13.2 Å². The van der Waals surface area contributed by atoms with Crippen LogP contribution in [0.3, 0.4) is 0 Å². The van der Waals surface area contributed by atoms with Gasteiger partial charge in [0.15, 0.2) is 5.13 Å². The summed E-state index contributed by atoms with van der Waals surface area (Å²) in [5.41, 5.74) is 2.05. The molecule has 8 nitrogen and oxygen atoms in total. The number of carbonyl (C=O) groups is 1. The molecule has 4 aromatic rings. The van der Waals surface area contributed by atoms with Crippen molar-refractivity contribution in [3.05, 3.63) is 83.9 Å². The quantitative estimate of drug-likeness (QED) is 0.230. The SMILES string of the molecule is CCOc1cccc2sc(N(CCCN(C)C)C(=O)c3ccc(S(=O)(=O)N(CC)Cc4ccccc4)cc3)nc12.[Cl-]. The largest absolute Gasteiger partial charge is 1.00 e. The minimum absolute atomic E-state index is 0. The third-order valence-electron chi connectivity index (χ3n) is 6.43. The molecule has 0 radical (unpaired) electrons. The van der Waals surface area contributed by atoms with E-state index in [1.807, 2.05) is 76.5 Å². The highest BCUT2D eigenvalue weighted by Gasteiger charge is 2.26. The Hall–Kier alpha value is -3.02. The first-order chi connectivity index (χ1) is 19.2. The van der Waals surface area contributed by atoms with Crippen molar-refractivity contribution >= 4 is 42.6 Å². The Balaban J connectivity index is 0.00000462. The average Bonchev–Trinajstić information content (AvgIpc) is 3.39. The van der Waals surface area contributed by atoms with Gasteiger partial charge in [-0.3, -0.25) is 9.69 Å². The fourth-order valence-electron chi connectivity index (χ4n) is 4.36. The molecule has 1 amide bonds. The number of anilines is 1. The lowest BCUT2D eigenvalue weighted by molar-refractivity contribution is -0.0000187. The highest BCUT2D eigenvalue weighted by Crippen LogP contribution is 2.35. The van der Waals surface area contributed by atoms with Crippen LogP contribution in [0.5, 0.6) is 5.75 Å². The molecule has 11 heteroatoms. The van der Waals surface area contributed by atoms with Gasteiger partial charge in [-0.2, -0.15) is 4.31 Å². The fraction of sp³-hybridized carbons (Fsp3) is 0.333. The minimum Gasteiger partial charge on any atom is -1.00 e. The molecule has 0 aliphatic rings. The molecule has 0 atom stereocenters. The van der Waals surface area contributed by atoms with Crippen molar-refractivity contribution in [1.29, 1.82) is 0 Å². The van der Waals surface area contributed by atoms with E-state index in [0.717, 1.165) is 28.7 Å². The smallest absolute Gasteiger partial charge is 0.260 e. The summed E-state index contributed by atoms with van der Waals surface area (Å²) in [5.74, 6) is 0.463. The monoisotopic (exact) mass is 615 g/mol. The number of carbonyl (C=O) groups excluding carboxylic acids is 1. The zero-order valence-electron chi connectivity index (χ0n) is 23.8. The van der Waals surface area contributed by atoms with Gasteiger partial charge in [0.2, 0.25) is 10.0 Å². The van der Waals surface area contributed by atoms with Crippen LogP contribution in [-0.2, 0) is 16.6 Å². The number of amides is 1. The first kappa shape index (κ1) is 32.5. The second kappa shape index (κ2) is 14.7. The van der Waals surface area contributed by atoms with Crippen LogP contribution in [0.25, 0.3) is 10.2 Å². The zero-order valence-corrected chi connectivity index (χ0v) is 26.2. The third kappa shape index (κ3) is 7.84. The van der Waals surface area contributed by atoms with Crippen LogP contribution >= 0.6 is 11.3 Å². The third-order valence-corrected chi connectivity index (χ3v) is 9.41. The Morgan fingerprint density at radius 3 is 2.27 bits per heavy atom. The summed E-state index contributed by atoms with van der Waals surface area (Å²) in [6.07, 6.45) is 0.754. The van der Waals surface area contributed by atoms with Gasteiger partial charge in [-0.1, -0.05) is 54.7 Å². The van der Waals surface area contributed by atoms with Crippen LogP contribution in [0.4, 0.5) is 5.13 Å². The molecule has 0 unspecified atom stereocenters. The molecule has 0 aliphatic carbocycles. The van der Waals surface area contributed by atoms with Gasteiger partial charge in [-0.25, -0.2) is 13.4 Å². The molecule has 1 heterocycles. The maximum Gasteiger partial charge on any atom is 0.260 e. The van der Waals surface area contributed by atoms with Gasteiger partial charge in [0.1, 0.15) is 11.3 Å². The first-order valence-electron chi connectivity index (χ1n) is 13.4. The van der Waals surface area contributed by atoms with E-state index >= 15 is 0 Å². The van der Waals surface area contributed by atoms with E-state index in [2.05, 4.69) is 4.90 Å². The van der Waals surface area contributed by atoms with Crippen LogP contribution in [0.1, 0.15) is 36.2 Å². The van der Waals surface area contributed by atoms with E-state index in [1.165, 1.54) is 27.8 Å². The Morgan fingerprint density at radius 1 is 0.927 bits per heavy atom. The maximum atomic E-state index is 13.8. The molecule has 0 fully saturated rings. The van der Waals surface area contributed by atoms with Crippen LogP contribution in [0.15, 0.2) is 77.7 Å². The van der Waals surface area contributed by atoms with E-state index < -0.39 is 10.0 Å². The van der Waals surface area contributed by atoms with Crippen molar-refractivity contribution < 1.29 is 30.4 Å². The van der Waals surface area contributed by atoms with Gasteiger partial charge in [-0.15, -0.1) is 0 Å².